The summed E-state index contributed by atoms with van der Waals surface area (Å²) in [6.07, 6.45) is 0. The van der Waals surface area contributed by atoms with Crippen LogP contribution in [0, 0.1) is 21.4 Å². The van der Waals surface area contributed by atoms with E-state index in [9.17, 15) is 19.7 Å². The molecule has 9 heteroatoms. The van der Waals surface area contributed by atoms with Crippen molar-refractivity contribution in [3.63, 3.8) is 0 Å². The Hall–Kier alpha value is -3.67. The van der Waals surface area contributed by atoms with Crippen LogP contribution in [-0.4, -0.2) is 40.9 Å². The van der Waals surface area contributed by atoms with Crippen LogP contribution in [0.2, 0.25) is 0 Å². The predicted octanol–water partition coefficient (Wildman–Crippen LogP) is 2.77. The highest BCUT2D eigenvalue weighted by Gasteiger charge is 2.28. The van der Waals surface area contributed by atoms with E-state index in [4.69, 9.17) is 14.4 Å². The van der Waals surface area contributed by atoms with Gasteiger partial charge in [-0.25, -0.2) is 4.79 Å². The fourth-order valence-corrected chi connectivity index (χ4v) is 2.03. The van der Waals surface area contributed by atoms with Gasteiger partial charge in [-0.3, -0.25) is 14.9 Å². The summed E-state index contributed by atoms with van der Waals surface area (Å²) in [5.74, 6) is -1.15. The summed E-state index contributed by atoms with van der Waals surface area (Å²) in [6.45, 7) is 2.60. The lowest BCUT2D eigenvalue weighted by Crippen LogP contribution is -2.45. The van der Waals surface area contributed by atoms with Gasteiger partial charge in [-0.05, 0) is 38.1 Å². The third kappa shape index (κ3) is 4.49. The molecule has 27 heavy (non-hydrogen) atoms. The molecule has 0 spiro atoms. The number of esters is 1. The molecule has 0 saturated carbocycles. The van der Waals surface area contributed by atoms with Gasteiger partial charge in [0, 0.05) is 24.7 Å². The largest absolute Gasteiger partial charge is 0.450 e. The standard InChI is InChI=1S/C18H17N3O6/c1-18(2,11-19)20(3)16(22)10-26-17(23)15-9-8-14(27-15)12-4-6-13(7-5-12)21(24)25/h4-9H,10H2,1-3H3. The van der Waals surface area contributed by atoms with Crippen LogP contribution in [0.15, 0.2) is 40.8 Å². The Morgan fingerprint density at radius 1 is 1.26 bits per heavy atom. The Morgan fingerprint density at radius 2 is 1.89 bits per heavy atom. The van der Waals surface area contributed by atoms with E-state index >= 15 is 0 Å². The molecule has 0 aliphatic heterocycles. The molecule has 140 valence electrons. The summed E-state index contributed by atoms with van der Waals surface area (Å²) in [7, 11) is 1.44. The number of hydrogen-bond donors (Lipinski definition) is 0. The number of hydrogen-bond acceptors (Lipinski definition) is 7. The van der Waals surface area contributed by atoms with Crippen LogP contribution >= 0.6 is 0 Å². The zero-order valence-electron chi connectivity index (χ0n) is 15.0. The number of amides is 1. The molecule has 1 aromatic carbocycles. The average Bonchev–Trinajstić information content (AvgIpc) is 3.15. The smallest absolute Gasteiger partial charge is 0.374 e. The minimum absolute atomic E-state index is 0.0622. The second-order valence-electron chi connectivity index (χ2n) is 6.17. The average molecular weight is 371 g/mol. The molecule has 2 aromatic rings. The molecule has 0 aliphatic rings. The second kappa shape index (κ2) is 7.70. The van der Waals surface area contributed by atoms with Gasteiger partial charge >= 0.3 is 5.97 Å². The van der Waals surface area contributed by atoms with Crippen molar-refractivity contribution in [1.82, 2.24) is 4.90 Å². The molecule has 1 aromatic heterocycles. The number of nitro benzene ring substituents is 1. The van der Waals surface area contributed by atoms with Crippen molar-refractivity contribution in [1.29, 1.82) is 5.26 Å². The molecule has 0 unspecified atom stereocenters. The van der Waals surface area contributed by atoms with Crippen molar-refractivity contribution in [2.24, 2.45) is 0 Å². The fraction of sp³-hybridized carbons (Fsp3) is 0.278. The summed E-state index contributed by atoms with van der Waals surface area (Å²) in [5, 5.41) is 19.7. The number of furan rings is 1. The number of nitrogens with zero attached hydrogens (tertiary/aromatic N) is 3. The van der Waals surface area contributed by atoms with Crippen LogP contribution < -0.4 is 0 Å². The highest BCUT2D eigenvalue weighted by molar-refractivity contribution is 5.89. The van der Waals surface area contributed by atoms with Crippen LogP contribution in [0.4, 0.5) is 5.69 Å². The molecule has 0 saturated heterocycles. The van der Waals surface area contributed by atoms with Crippen LogP contribution in [0.3, 0.4) is 0 Å². The van der Waals surface area contributed by atoms with E-state index in [0.717, 1.165) is 0 Å². The Kier molecular flexibility index (Phi) is 5.60. The Labute approximate surface area is 154 Å². The molecule has 9 nitrogen and oxygen atoms in total. The summed E-state index contributed by atoms with van der Waals surface area (Å²) in [4.78, 5) is 35.4. The Morgan fingerprint density at radius 3 is 2.44 bits per heavy atom. The molecule has 0 fully saturated rings. The van der Waals surface area contributed by atoms with Crippen LogP contribution in [0.1, 0.15) is 24.4 Å². The van der Waals surface area contributed by atoms with E-state index in [-0.39, 0.29) is 11.4 Å². The van der Waals surface area contributed by atoms with E-state index in [2.05, 4.69) is 0 Å². The van der Waals surface area contributed by atoms with Crippen molar-refractivity contribution in [2.75, 3.05) is 13.7 Å². The number of carbonyl (C=O) groups is 2. The van der Waals surface area contributed by atoms with Gasteiger partial charge in [-0.2, -0.15) is 5.26 Å². The van der Waals surface area contributed by atoms with Gasteiger partial charge in [0.2, 0.25) is 5.76 Å². The lowest BCUT2D eigenvalue weighted by Gasteiger charge is -2.28. The maximum atomic E-state index is 12.0. The zero-order valence-corrected chi connectivity index (χ0v) is 15.0. The van der Waals surface area contributed by atoms with Gasteiger partial charge in [-0.1, -0.05) is 0 Å². The first-order valence-corrected chi connectivity index (χ1v) is 7.85. The van der Waals surface area contributed by atoms with Crippen molar-refractivity contribution in [2.45, 2.75) is 19.4 Å². The van der Waals surface area contributed by atoms with E-state index in [1.54, 1.807) is 13.8 Å². The molecular formula is C18H17N3O6. The molecule has 0 N–H and O–H groups in total. The molecule has 1 amide bonds. The first-order chi connectivity index (χ1) is 12.7. The molecule has 0 aliphatic carbocycles. The van der Waals surface area contributed by atoms with Crippen molar-refractivity contribution in [3.05, 3.63) is 52.3 Å². The first-order valence-electron chi connectivity index (χ1n) is 7.85. The monoisotopic (exact) mass is 371 g/mol. The number of likely N-dealkylation sites (N-methyl/N-ethyl adjacent to an activating group) is 1. The Bertz CT molecular complexity index is 908. The molecule has 0 bridgehead atoms. The van der Waals surface area contributed by atoms with Crippen molar-refractivity contribution >= 4 is 17.6 Å². The summed E-state index contributed by atoms with van der Waals surface area (Å²) in [5.41, 5.74) is -0.545. The van der Waals surface area contributed by atoms with Crippen LogP contribution in [-0.2, 0) is 9.53 Å². The number of rotatable bonds is 6. The van der Waals surface area contributed by atoms with Crippen molar-refractivity contribution < 1.29 is 23.7 Å². The van der Waals surface area contributed by atoms with E-state index in [0.29, 0.717) is 11.3 Å². The number of nitro groups is 1. The summed E-state index contributed by atoms with van der Waals surface area (Å²) in [6, 6.07) is 10.5. The van der Waals surface area contributed by atoms with Gasteiger partial charge in [0.25, 0.3) is 11.6 Å². The minimum Gasteiger partial charge on any atom is -0.450 e. The van der Waals surface area contributed by atoms with E-state index in [1.807, 2.05) is 6.07 Å². The zero-order chi connectivity index (χ0) is 20.2. The normalized spacial score (nSPS) is 10.7. The van der Waals surface area contributed by atoms with E-state index < -0.39 is 28.9 Å². The van der Waals surface area contributed by atoms with Gasteiger partial charge in [0.05, 0.1) is 11.0 Å². The number of benzene rings is 1. The molecule has 0 atom stereocenters. The summed E-state index contributed by atoms with van der Waals surface area (Å²) < 4.78 is 10.3. The van der Waals surface area contributed by atoms with Gasteiger partial charge < -0.3 is 14.1 Å². The minimum atomic E-state index is -1.03. The van der Waals surface area contributed by atoms with Crippen molar-refractivity contribution in [3.8, 4) is 17.4 Å². The molecule has 0 radical (unpaired) electrons. The maximum Gasteiger partial charge on any atom is 0.374 e. The lowest BCUT2D eigenvalue weighted by molar-refractivity contribution is -0.384. The molecule has 1 heterocycles. The van der Waals surface area contributed by atoms with Gasteiger partial charge in [0.15, 0.2) is 6.61 Å². The third-order valence-electron chi connectivity index (χ3n) is 3.98. The van der Waals surface area contributed by atoms with Gasteiger partial charge in [0.1, 0.15) is 11.3 Å². The number of non-ortho nitro benzene ring substituents is 1. The van der Waals surface area contributed by atoms with Gasteiger partial charge in [-0.15, -0.1) is 0 Å². The number of carbonyl (C=O) groups excluding carboxylic acids is 2. The topological polar surface area (TPSA) is 127 Å². The fourth-order valence-electron chi connectivity index (χ4n) is 2.03. The predicted molar refractivity (Wildman–Crippen MR) is 93.5 cm³/mol. The maximum absolute atomic E-state index is 12.0. The number of nitriles is 1. The van der Waals surface area contributed by atoms with E-state index in [1.165, 1.54) is 48.3 Å². The second-order valence-corrected chi connectivity index (χ2v) is 6.17. The first kappa shape index (κ1) is 19.7. The Balaban J connectivity index is 2.02. The van der Waals surface area contributed by atoms with Crippen LogP contribution in [0.25, 0.3) is 11.3 Å². The van der Waals surface area contributed by atoms with Crippen LogP contribution in [0.5, 0.6) is 0 Å². The molecular weight excluding hydrogens is 354 g/mol. The molecule has 2 rings (SSSR count). The SMILES string of the molecule is CN(C(=O)COC(=O)c1ccc(-c2ccc([N+](=O)[O-])cc2)o1)C(C)(C)C#N. The summed E-state index contributed by atoms with van der Waals surface area (Å²) >= 11 is 0. The third-order valence-corrected chi connectivity index (χ3v) is 3.98. The lowest BCUT2D eigenvalue weighted by atomic mass is 10.1. The quantitative estimate of drug-likeness (QED) is 0.434. The highest BCUT2D eigenvalue weighted by atomic mass is 16.6. The number of ether oxygens (including phenoxy) is 1. The highest BCUT2D eigenvalue weighted by Crippen LogP contribution is 2.24.